The Morgan fingerprint density at radius 3 is 2.76 bits per heavy atom. The van der Waals surface area contributed by atoms with Crippen molar-refractivity contribution in [3.05, 3.63) is 52.6 Å². The summed E-state index contributed by atoms with van der Waals surface area (Å²) in [6.07, 6.45) is 1.66. The molecule has 2 rings (SSSR count). The number of nitrogens with zero attached hydrogens (tertiary/aromatic N) is 2. The number of aryl methyl sites for hydroxylation is 1. The van der Waals surface area contributed by atoms with Crippen LogP contribution in [0, 0.1) is 5.82 Å². The van der Waals surface area contributed by atoms with Crippen LogP contribution in [0.25, 0.3) is 0 Å². The Labute approximate surface area is 103 Å². The van der Waals surface area contributed by atoms with Crippen LogP contribution >= 0.6 is 11.6 Å². The molecule has 17 heavy (non-hydrogen) atoms. The lowest BCUT2D eigenvalue weighted by Crippen LogP contribution is -2.30. The van der Waals surface area contributed by atoms with Gasteiger partial charge in [0.25, 0.3) is 0 Å². The monoisotopic (exact) mass is 254 g/mol. The van der Waals surface area contributed by atoms with Crippen molar-refractivity contribution in [2.24, 2.45) is 12.9 Å². The van der Waals surface area contributed by atoms with Crippen LogP contribution in [0.2, 0.25) is 5.02 Å². The van der Waals surface area contributed by atoms with Crippen molar-refractivity contribution in [3.63, 3.8) is 0 Å². The van der Waals surface area contributed by atoms with Gasteiger partial charge in [-0.15, -0.1) is 0 Å². The van der Waals surface area contributed by atoms with Gasteiger partial charge >= 0.3 is 0 Å². The zero-order valence-corrected chi connectivity index (χ0v) is 9.95. The fraction of sp³-hybridized carbons (Fsp3) is 0.182. The first-order valence-corrected chi connectivity index (χ1v) is 5.40. The number of hydrogen-bond acceptors (Lipinski definition) is 3. The van der Waals surface area contributed by atoms with Crippen molar-refractivity contribution in [2.45, 2.75) is 6.04 Å². The summed E-state index contributed by atoms with van der Waals surface area (Å²) in [5.41, 5.74) is 4.17. The first-order valence-electron chi connectivity index (χ1n) is 5.02. The lowest BCUT2D eigenvalue weighted by atomic mass is 10.0. The third kappa shape index (κ3) is 2.31. The molecule has 0 saturated carbocycles. The molecule has 1 heterocycles. The van der Waals surface area contributed by atoms with Gasteiger partial charge in [0, 0.05) is 13.2 Å². The lowest BCUT2D eigenvalue weighted by molar-refractivity contribution is 0.567. The number of rotatable bonds is 3. The highest BCUT2D eigenvalue weighted by Crippen LogP contribution is 2.24. The number of nitrogens with one attached hydrogen (secondary N) is 1. The molecule has 1 aromatic heterocycles. The van der Waals surface area contributed by atoms with E-state index in [1.165, 1.54) is 12.1 Å². The quantitative estimate of drug-likeness (QED) is 0.648. The highest BCUT2D eigenvalue weighted by molar-refractivity contribution is 6.30. The Balaban J connectivity index is 2.42. The van der Waals surface area contributed by atoms with Crippen molar-refractivity contribution < 1.29 is 4.39 Å². The predicted octanol–water partition coefficient (Wildman–Crippen LogP) is 1.77. The van der Waals surface area contributed by atoms with Crippen molar-refractivity contribution in [1.82, 2.24) is 15.2 Å². The van der Waals surface area contributed by atoms with E-state index in [4.69, 9.17) is 17.4 Å². The molecule has 1 unspecified atom stereocenters. The number of hydrazine groups is 1. The minimum Gasteiger partial charge on any atom is -0.271 e. The molecule has 0 aliphatic heterocycles. The summed E-state index contributed by atoms with van der Waals surface area (Å²) in [7, 11) is 1.80. The molecule has 90 valence electrons. The number of benzene rings is 1. The molecule has 0 radical (unpaired) electrons. The summed E-state index contributed by atoms with van der Waals surface area (Å²) >= 11 is 5.64. The Morgan fingerprint density at radius 2 is 2.24 bits per heavy atom. The van der Waals surface area contributed by atoms with Gasteiger partial charge in [-0.3, -0.25) is 10.5 Å². The predicted molar refractivity (Wildman–Crippen MR) is 63.8 cm³/mol. The van der Waals surface area contributed by atoms with E-state index in [1.807, 2.05) is 6.07 Å². The van der Waals surface area contributed by atoms with Gasteiger partial charge in [-0.25, -0.2) is 9.82 Å². The van der Waals surface area contributed by atoms with Crippen molar-refractivity contribution >= 4 is 11.6 Å². The van der Waals surface area contributed by atoms with E-state index in [2.05, 4.69) is 10.5 Å². The molecule has 1 aromatic carbocycles. The molecule has 2 aromatic rings. The average molecular weight is 255 g/mol. The van der Waals surface area contributed by atoms with Crippen molar-refractivity contribution in [2.75, 3.05) is 0 Å². The second kappa shape index (κ2) is 4.83. The molecule has 0 spiro atoms. The minimum absolute atomic E-state index is 0.0922. The van der Waals surface area contributed by atoms with E-state index >= 15 is 0 Å². The van der Waals surface area contributed by atoms with Crippen LogP contribution in [-0.4, -0.2) is 9.78 Å². The minimum atomic E-state index is -0.466. The summed E-state index contributed by atoms with van der Waals surface area (Å²) in [5, 5.41) is 4.14. The molecule has 4 nitrogen and oxygen atoms in total. The van der Waals surface area contributed by atoms with Crippen molar-refractivity contribution in [3.8, 4) is 0 Å². The van der Waals surface area contributed by atoms with Gasteiger partial charge in [-0.05, 0) is 23.8 Å². The van der Waals surface area contributed by atoms with Gasteiger partial charge in [0.2, 0.25) is 0 Å². The highest BCUT2D eigenvalue weighted by atomic mass is 35.5. The number of hydrogen-bond donors (Lipinski definition) is 2. The molecule has 0 aliphatic rings. The van der Waals surface area contributed by atoms with E-state index in [0.717, 1.165) is 5.69 Å². The number of halogens is 2. The van der Waals surface area contributed by atoms with Crippen LogP contribution in [0.1, 0.15) is 17.3 Å². The van der Waals surface area contributed by atoms with Crippen LogP contribution in [0.15, 0.2) is 30.5 Å². The Kier molecular flexibility index (Phi) is 3.42. The molecule has 1 atom stereocenters. The third-order valence-corrected chi connectivity index (χ3v) is 2.90. The van der Waals surface area contributed by atoms with E-state index < -0.39 is 5.82 Å². The van der Waals surface area contributed by atoms with Crippen LogP contribution < -0.4 is 11.3 Å². The van der Waals surface area contributed by atoms with Gasteiger partial charge in [0.15, 0.2) is 0 Å². The van der Waals surface area contributed by atoms with Gasteiger partial charge in [0.1, 0.15) is 5.82 Å². The molecule has 0 fully saturated rings. The fourth-order valence-electron chi connectivity index (χ4n) is 1.71. The van der Waals surface area contributed by atoms with E-state index in [-0.39, 0.29) is 11.1 Å². The molecule has 0 bridgehead atoms. The zero-order valence-electron chi connectivity index (χ0n) is 9.19. The summed E-state index contributed by atoms with van der Waals surface area (Å²) in [6.45, 7) is 0. The van der Waals surface area contributed by atoms with E-state index in [1.54, 1.807) is 24.0 Å². The molecule has 0 amide bonds. The van der Waals surface area contributed by atoms with Gasteiger partial charge in [0.05, 0.1) is 16.8 Å². The highest BCUT2D eigenvalue weighted by Gasteiger charge is 2.16. The topological polar surface area (TPSA) is 55.9 Å². The Hall–Kier alpha value is -1.43. The maximum Gasteiger partial charge on any atom is 0.142 e. The Morgan fingerprint density at radius 1 is 1.47 bits per heavy atom. The van der Waals surface area contributed by atoms with Gasteiger partial charge in [-0.2, -0.15) is 5.10 Å². The van der Waals surface area contributed by atoms with E-state index in [0.29, 0.717) is 5.56 Å². The van der Waals surface area contributed by atoms with Crippen LogP contribution in [0.3, 0.4) is 0 Å². The molecule has 6 heteroatoms. The van der Waals surface area contributed by atoms with Gasteiger partial charge in [-0.1, -0.05) is 17.7 Å². The second-order valence-corrected chi connectivity index (χ2v) is 4.06. The average Bonchev–Trinajstić information content (AvgIpc) is 2.71. The standard InChI is InChI=1S/C11H12ClFN4/c1-17-10(4-5-15-17)11(16-14)7-2-3-8(12)9(13)6-7/h2-6,11,16H,14H2,1H3. The maximum absolute atomic E-state index is 13.4. The molecule has 3 N–H and O–H groups in total. The van der Waals surface area contributed by atoms with Crippen LogP contribution in [0.4, 0.5) is 4.39 Å². The largest absolute Gasteiger partial charge is 0.271 e. The fourth-order valence-corrected chi connectivity index (χ4v) is 1.83. The van der Waals surface area contributed by atoms with Crippen molar-refractivity contribution in [1.29, 1.82) is 0 Å². The summed E-state index contributed by atoms with van der Waals surface area (Å²) < 4.78 is 15.1. The molecule has 0 aliphatic carbocycles. The Bertz CT molecular complexity index is 526. The second-order valence-electron chi connectivity index (χ2n) is 3.65. The number of nitrogens with two attached hydrogens (primary N) is 1. The number of aromatic nitrogens is 2. The maximum atomic E-state index is 13.4. The molecular weight excluding hydrogens is 243 g/mol. The summed E-state index contributed by atoms with van der Waals surface area (Å²) in [5.74, 6) is 5.04. The summed E-state index contributed by atoms with van der Waals surface area (Å²) in [4.78, 5) is 0. The van der Waals surface area contributed by atoms with E-state index in [9.17, 15) is 4.39 Å². The molecule has 0 saturated heterocycles. The lowest BCUT2D eigenvalue weighted by Gasteiger charge is -2.16. The third-order valence-electron chi connectivity index (χ3n) is 2.60. The normalized spacial score (nSPS) is 12.7. The smallest absolute Gasteiger partial charge is 0.142 e. The van der Waals surface area contributed by atoms with Crippen LogP contribution in [-0.2, 0) is 7.05 Å². The van der Waals surface area contributed by atoms with Gasteiger partial charge < -0.3 is 0 Å². The first-order chi connectivity index (χ1) is 8.13. The molecular formula is C11H12ClFN4. The SMILES string of the molecule is Cn1nccc1C(NN)c1ccc(Cl)c(F)c1. The van der Waals surface area contributed by atoms with Crippen LogP contribution in [0.5, 0.6) is 0 Å². The first kappa shape index (κ1) is 12.0. The summed E-state index contributed by atoms with van der Waals surface area (Å²) in [6, 6.07) is 6.08. The zero-order chi connectivity index (χ0) is 12.4.